The molecule has 0 saturated carbocycles. The largest absolute Gasteiger partial charge is 0.462 e. The van der Waals surface area contributed by atoms with Gasteiger partial charge in [0.05, 0.1) is 17.7 Å². The Balaban J connectivity index is 1.84. The van der Waals surface area contributed by atoms with Gasteiger partial charge in [-0.2, -0.15) is 0 Å². The van der Waals surface area contributed by atoms with Gasteiger partial charge in [0.1, 0.15) is 0 Å². The normalized spacial score (nSPS) is 11.7. The number of ether oxygens (including phenoxy) is 1. The van der Waals surface area contributed by atoms with Gasteiger partial charge in [-0.15, -0.1) is 0 Å². The number of carbonyl (C=O) groups is 1. The van der Waals surface area contributed by atoms with Crippen LogP contribution in [0, 0.1) is 0 Å². The molecule has 2 aromatic carbocycles. The van der Waals surface area contributed by atoms with Gasteiger partial charge in [0.2, 0.25) is 0 Å². The lowest BCUT2D eigenvalue weighted by Crippen LogP contribution is -2.07. The molecule has 0 amide bonds. The minimum atomic E-state index is -0.349. The van der Waals surface area contributed by atoms with Crippen LogP contribution in [0.1, 0.15) is 43.4 Å². The average molecular weight is 423 g/mol. The minimum Gasteiger partial charge on any atom is -0.462 e. The molecule has 0 saturated heterocycles. The van der Waals surface area contributed by atoms with E-state index in [1.165, 1.54) is 5.56 Å². The first-order valence-corrected chi connectivity index (χ1v) is 10.8. The molecule has 0 bridgehead atoms. The van der Waals surface area contributed by atoms with E-state index in [1.807, 2.05) is 49.5 Å². The fourth-order valence-corrected chi connectivity index (χ4v) is 3.73. The lowest BCUT2D eigenvalue weighted by Gasteiger charge is -2.13. The summed E-state index contributed by atoms with van der Waals surface area (Å²) in [5, 5.41) is 1.12. The number of carbonyl (C=O) groups excluding carboxylic acids is 1. The lowest BCUT2D eigenvalue weighted by atomic mass is 9.93. The van der Waals surface area contributed by atoms with Crippen LogP contribution < -0.4 is 0 Å². The van der Waals surface area contributed by atoms with Crippen molar-refractivity contribution in [3.05, 3.63) is 95.9 Å². The van der Waals surface area contributed by atoms with Crippen molar-refractivity contribution in [1.82, 2.24) is 9.97 Å². The first-order chi connectivity index (χ1) is 15.6. The van der Waals surface area contributed by atoms with E-state index in [4.69, 9.17) is 4.74 Å². The Morgan fingerprint density at radius 3 is 2.56 bits per heavy atom. The van der Waals surface area contributed by atoms with E-state index in [1.54, 1.807) is 12.4 Å². The van der Waals surface area contributed by atoms with Crippen molar-refractivity contribution in [1.29, 1.82) is 0 Å². The zero-order chi connectivity index (χ0) is 22.5. The van der Waals surface area contributed by atoms with Gasteiger partial charge in [0.25, 0.3) is 0 Å². The van der Waals surface area contributed by atoms with Crippen LogP contribution in [0.2, 0.25) is 0 Å². The predicted molar refractivity (Wildman–Crippen MR) is 130 cm³/mol. The molecule has 0 atom stereocenters. The van der Waals surface area contributed by atoms with Crippen molar-refractivity contribution in [3.63, 3.8) is 0 Å². The van der Waals surface area contributed by atoms with Crippen molar-refractivity contribution in [3.8, 4) is 11.1 Å². The third-order valence-corrected chi connectivity index (χ3v) is 5.39. The van der Waals surface area contributed by atoms with Crippen molar-refractivity contribution >= 4 is 28.5 Å². The summed E-state index contributed by atoms with van der Waals surface area (Å²) >= 11 is 0. The zero-order valence-corrected chi connectivity index (χ0v) is 18.6. The summed E-state index contributed by atoms with van der Waals surface area (Å²) in [6, 6.07) is 20.3. The zero-order valence-electron chi connectivity index (χ0n) is 18.6. The second kappa shape index (κ2) is 9.56. The predicted octanol–water partition coefficient (Wildman–Crippen LogP) is 6.52. The Hall–Kier alpha value is -3.79. The number of aromatic nitrogens is 2. The average Bonchev–Trinajstić information content (AvgIpc) is 2.82. The smallest absolute Gasteiger partial charge is 0.338 e. The van der Waals surface area contributed by atoms with Crippen LogP contribution in [0.4, 0.5) is 0 Å². The Morgan fingerprint density at radius 1 is 1.00 bits per heavy atom. The maximum atomic E-state index is 12.7. The number of hydrogen-bond donors (Lipinski definition) is 0. The molecule has 0 unspecified atom stereocenters. The summed E-state index contributed by atoms with van der Waals surface area (Å²) in [5.41, 5.74) is 6.58. The molecule has 0 aliphatic heterocycles. The highest BCUT2D eigenvalue weighted by atomic mass is 16.5. The quantitative estimate of drug-likeness (QED) is 0.262. The number of rotatable bonds is 6. The van der Waals surface area contributed by atoms with Gasteiger partial charge in [-0.1, -0.05) is 38.1 Å². The van der Waals surface area contributed by atoms with Crippen LogP contribution in [-0.2, 0) is 9.53 Å². The number of benzene rings is 2. The molecule has 0 spiro atoms. The molecule has 4 aromatic rings. The molecular weight excluding hydrogens is 396 g/mol. The van der Waals surface area contributed by atoms with E-state index in [2.05, 4.69) is 54.1 Å². The number of fused-ring (bicyclic) bond motifs is 1. The number of nitrogens with zero attached hydrogens (tertiary/aromatic N) is 2. The second-order valence-electron chi connectivity index (χ2n) is 7.94. The number of pyridine rings is 2. The van der Waals surface area contributed by atoms with Gasteiger partial charge in [0.15, 0.2) is 0 Å². The van der Waals surface area contributed by atoms with Gasteiger partial charge in [-0.25, -0.2) is 4.79 Å². The topological polar surface area (TPSA) is 52.1 Å². The van der Waals surface area contributed by atoms with E-state index >= 15 is 0 Å². The molecule has 160 valence electrons. The van der Waals surface area contributed by atoms with Crippen LogP contribution in [0.25, 0.3) is 33.7 Å². The molecule has 4 rings (SSSR count). The Bertz CT molecular complexity index is 1280. The van der Waals surface area contributed by atoms with E-state index in [9.17, 15) is 4.79 Å². The van der Waals surface area contributed by atoms with Gasteiger partial charge >= 0.3 is 5.97 Å². The molecule has 2 aromatic heterocycles. The van der Waals surface area contributed by atoms with Gasteiger partial charge in [-0.05, 0) is 77.6 Å². The van der Waals surface area contributed by atoms with E-state index < -0.39 is 0 Å². The molecule has 4 heteroatoms. The van der Waals surface area contributed by atoms with Gasteiger partial charge < -0.3 is 4.74 Å². The summed E-state index contributed by atoms with van der Waals surface area (Å²) in [6.07, 6.45) is 7.05. The first-order valence-electron chi connectivity index (χ1n) is 10.8. The number of esters is 1. The lowest BCUT2D eigenvalue weighted by molar-refractivity contribution is -0.136. The highest BCUT2D eigenvalue weighted by Crippen LogP contribution is 2.32. The van der Waals surface area contributed by atoms with Crippen molar-refractivity contribution in [2.75, 3.05) is 6.61 Å². The molecule has 0 N–H and O–H groups in total. The SMILES string of the molecule is CCOC(=O)/C(=C\c1cccc(-c2cc(C(C)C)cc3cccnc23)c1)c1ccncc1. The maximum absolute atomic E-state index is 12.7. The fourth-order valence-electron chi connectivity index (χ4n) is 3.73. The van der Waals surface area contributed by atoms with Crippen molar-refractivity contribution in [2.45, 2.75) is 26.7 Å². The maximum Gasteiger partial charge on any atom is 0.338 e. The first kappa shape index (κ1) is 21.4. The Labute approximate surface area is 188 Å². The minimum absolute atomic E-state index is 0.320. The summed E-state index contributed by atoms with van der Waals surface area (Å²) < 4.78 is 5.31. The van der Waals surface area contributed by atoms with Crippen LogP contribution in [0.5, 0.6) is 0 Å². The highest BCUT2D eigenvalue weighted by Gasteiger charge is 2.14. The van der Waals surface area contributed by atoms with Crippen molar-refractivity contribution in [2.24, 2.45) is 0 Å². The fraction of sp³-hybridized carbons (Fsp3) is 0.179. The molecule has 0 radical (unpaired) electrons. The summed E-state index contributed by atoms with van der Waals surface area (Å²) in [4.78, 5) is 21.4. The second-order valence-corrected chi connectivity index (χ2v) is 7.94. The summed E-state index contributed by atoms with van der Waals surface area (Å²) in [7, 11) is 0. The summed E-state index contributed by atoms with van der Waals surface area (Å²) in [5.74, 6) is 0.0570. The third-order valence-electron chi connectivity index (χ3n) is 5.39. The van der Waals surface area contributed by atoms with Crippen LogP contribution >= 0.6 is 0 Å². The monoisotopic (exact) mass is 422 g/mol. The van der Waals surface area contributed by atoms with Crippen LogP contribution in [-0.4, -0.2) is 22.5 Å². The molecule has 32 heavy (non-hydrogen) atoms. The van der Waals surface area contributed by atoms with E-state index in [0.29, 0.717) is 18.1 Å². The molecule has 4 nitrogen and oxygen atoms in total. The van der Waals surface area contributed by atoms with E-state index in [0.717, 1.165) is 33.2 Å². The van der Waals surface area contributed by atoms with Gasteiger partial charge in [-0.3, -0.25) is 9.97 Å². The van der Waals surface area contributed by atoms with Crippen LogP contribution in [0.3, 0.4) is 0 Å². The van der Waals surface area contributed by atoms with E-state index in [-0.39, 0.29) is 5.97 Å². The number of hydrogen-bond acceptors (Lipinski definition) is 4. The van der Waals surface area contributed by atoms with Crippen LogP contribution in [0.15, 0.2) is 79.3 Å². The highest BCUT2D eigenvalue weighted by molar-refractivity contribution is 6.21. The molecule has 0 aliphatic rings. The van der Waals surface area contributed by atoms with Gasteiger partial charge in [0, 0.05) is 29.5 Å². The van der Waals surface area contributed by atoms with Crippen molar-refractivity contribution < 1.29 is 9.53 Å². The molecular formula is C28H26N2O2. The Morgan fingerprint density at radius 2 is 1.81 bits per heavy atom. The molecule has 0 aliphatic carbocycles. The summed E-state index contributed by atoms with van der Waals surface area (Å²) in [6.45, 7) is 6.52. The standard InChI is InChI=1S/C28H26N2O2/c1-4-32-28(31)26(21-10-13-29-14-11-21)16-20-7-5-8-22(15-20)25-18-24(19(2)3)17-23-9-6-12-30-27(23)25/h5-19H,4H2,1-3H3/b26-16-. The molecule has 0 fully saturated rings. The Kier molecular flexibility index (Phi) is 6.41. The third kappa shape index (κ3) is 4.59. The molecule has 2 heterocycles.